The number of primary amides is 1. The summed E-state index contributed by atoms with van der Waals surface area (Å²) in [5, 5.41) is 4.21. The molecule has 2 aliphatic heterocycles. The molecule has 2 fully saturated rings. The Morgan fingerprint density at radius 2 is 1.81 bits per heavy atom. The number of nitrogens with one attached hydrogen (secondary N) is 2. The van der Waals surface area contributed by atoms with E-state index in [1.54, 1.807) is 24.3 Å². The summed E-state index contributed by atoms with van der Waals surface area (Å²) in [6.45, 7) is 1.26. The van der Waals surface area contributed by atoms with Crippen LogP contribution < -0.4 is 21.5 Å². The second-order valence-corrected chi connectivity index (χ2v) is 9.50. The molecular formula is C27H29N5O4. The molecule has 2 saturated heterocycles. The van der Waals surface area contributed by atoms with Crippen molar-refractivity contribution in [2.75, 3.05) is 16.9 Å². The van der Waals surface area contributed by atoms with E-state index in [0.717, 1.165) is 24.9 Å². The lowest BCUT2D eigenvalue weighted by Gasteiger charge is -2.38. The molecule has 1 aliphatic carbocycles. The maximum Gasteiger partial charge on any atom is 0.255 e. The van der Waals surface area contributed by atoms with Crippen LogP contribution in [0.25, 0.3) is 0 Å². The Labute approximate surface area is 209 Å². The third kappa shape index (κ3) is 4.61. The van der Waals surface area contributed by atoms with Crippen molar-refractivity contribution in [1.29, 1.82) is 0 Å². The molecule has 2 aromatic rings. The zero-order chi connectivity index (χ0) is 25.2. The lowest BCUT2D eigenvalue weighted by Crippen LogP contribution is -2.59. The third-order valence-corrected chi connectivity index (χ3v) is 7.23. The molecule has 3 atom stereocenters. The number of carbonyl (C=O) groups excluding carboxylic acids is 4. The molecule has 0 spiro atoms. The zero-order valence-electron chi connectivity index (χ0n) is 19.9. The number of carbonyl (C=O) groups is 4. The van der Waals surface area contributed by atoms with Crippen LogP contribution in [0.1, 0.15) is 41.6 Å². The topological polar surface area (TPSA) is 125 Å². The summed E-state index contributed by atoms with van der Waals surface area (Å²) in [6.07, 6.45) is 6.58. The van der Waals surface area contributed by atoms with Gasteiger partial charge in [-0.2, -0.15) is 0 Å². The highest BCUT2D eigenvalue weighted by atomic mass is 16.2. The van der Waals surface area contributed by atoms with Gasteiger partial charge in [-0.3, -0.25) is 29.5 Å². The first-order valence-electron chi connectivity index (χ1n) is 12.2. The Bertz CT molecular complexity index is 1240. The van der Waals surface area contributed by atoms with Crippen LogP contribution in [-0.2, 0) is 20.9 Å². The number of benzene rings is 2. The molecule has 4 amide bonds. The van der Waals surface area contributed by atoms with Crippen molar-refractivity contribution in [3.05, 3.63) is 71.8 Å². The Morgan fingerprint density at radius 1 is 1.03 bits per heavy atom. The van der Waals surface area contributed by atoms with Gasteiger partial charge in [-0.1, -0.05) is 36.4 Å². The summed E-state index contributed by atoms with van der Waals surface area (Å²) < 4.78 is 0. The number of nitrogens with two attached hydrogens (primary N) is 1. The first-order chi connectivity index (χ1) is 17.4. The maximum atomic E-state index is 13.2. The minimum absolute atomic E-state index is 0.179. The molecule has 2 aromatic carbocycles. The van der Waals surface area contributed by atoms with Crippen LogP contribution in [0.4, 0.5) is 11.4 Å². The molecule has 4 N–H and O–H groups in total. The lowest BCUT2D eigenvalue weighted by atomic mass is 9.80. The largest absolute Gasteiger partial charge is 0.368 e. The Kier molecular flexibility index (Phi) is 6.56. The second kappa shape index (κ2) is 9.94. The summed E-state index contributed by atoms with van der Waals surface area (Å²) >= 11 is 0. The van der Waals surface area contributed by atoms with Crippen LogP contribution in [0.3, 0.4) is 0 Å². The zero-order valence-corrected chi connectivity index (χ0v) is 19.9. The number of hydrazine groups is 1. The Balaban J connectivity index is 1.33. The minimum atomic E-state index is -0.400. The molecule has 0 saturated carbocycles. The van der Waals surface area contributed by atoms with E-state index in [4.69, 9.17) is 5.73 Å². The number of para-hydroxylation sites is 1. The molecule has 0 aromatic heterocycles. The second-order valence-electron chi connectivity index (χ2n) is 9.50. The fourth-order valence-corrected chi connectivity index (χ4v) is 5.30. The number of fused-ring (bicyclic) bond motifs is 1. The number of amides is 4. The van der Waals surface area contributed by atoms with Crippen LogP contribution in [0.2, 0.25) is 0 Å². The average Bonchev–Trinajstić information content (AvgIpc) is 3.36. The van der Waals surface area contributed by atoms with Gasteiger partial charge in [0.1, 0.15) is 0 Å². The first kappa shape index (κ1) is 23.7. The highest BCUT2D eigenvalue weighted by Crippen LogP contribution is 2.32. The van der Waals surface area contributed by atoms with Crippen LogP contribution in [-0.4, -0.2) is 41.1 Å². The van der Waals surface area contributed by atoms with Crippen molar-refractivity contribution >= 4 is 35.0 Å². The van der Waals surface area contributed by atoms with Crippen LogP contribution >= 0.6 is 0 Å². The number of likely N-dealkylation sites (tertiary alicyclic amines) is 1. The molecule has 3 unspecified atom stereocenters. The highest BCUT2D eigenvalue weighted by molar-refractivity contribution is 6.07. The van der Waals surface area contributed by atoms with Gasteiger partial charge in [0.25, 0.3) is 5.91 Å². The Morgan fingerprint density at radius 3 is 2.61 bits per heavy atom. The normalized spacial score (nSPS) is 23.8. The monoisotopic (exact) mass is 487 g/mol. The highest BCUT2D eigenvalue weighted by Gasteiger charge is 2.42. The van der Waals surface area contributed by atoms with Gasteiger partial charge in [0.2, 0.25) is 17.7 Å². The number of hydrogen-bond donors (Lipinski definition) is 3. The van der Waals surface area contributed by atoms with Gasteiger partial charge >= 0.3 is 0 Å². The van der Waals surface area contributed by atoms with Crippen LogP contribution in [0.15, 0.2) is 60.7 Å². The van der Waals surface area contributed by atoms with Gasteiger partial charge in [0.15, 0.2) is 0 Å². The quantitative estimate of drug-likeness (QED) is 0.540. The van der Waals surface area contributed by atoms with E-state index in [9.17, 15) is 19.2 Å². The molecule has 0 radical (unpaired) electrons. The summed E-state index contributed by atoms with van der Waals surface area (Å²) in [4.78, 5) is 52.7. The summed E-state index contributed by atoms with van der Waals surface area (Å²) in [5.41, 5.74) is 10.6. The van der Waals surface area contributed by atoms with E-state index in [2.05, 4.69) is 10.7 Å². The van der Waals surface area contributed by atoms with E-state index in [1.165, 1.54) is 5.01 Å². The van der Waals surface area contributed by atoms with Gasteiger partial charge in [-0.15, -0.1) is 0 Å². The number of nitrogens with zero attached hydrogens (tertiary/aromatic N) is 2. The molecule has 9 heteroatoms. The van der Waals surface area contributed by atoms with Gasteiger partial charge in [0.05, 0.1) is 23.6 Å². The predicted octanol–water partition coefficient (Wildman–Crippen LogP) is 2.35. The summed E-state index contributed by atoms with van der Waals surface area (Å²) in [6, 6.07) is 13.8. The summed E-state index contributed by atoms with van der Waals surface area (Å²) in [5.74, 6) is -1.80. The maximum absolute atomic E-state index is 13.2. The lowest BCUT2D eigenvalue weighted by molar-refractivity contribution is -0.139. The van der Waals surface area contributed by atoms with Crippen molar-refractivity contribution < 1.29 is 19.2 Å². The minimum Gasteiger partial charge on any atom is -0.368 e. The number of rotatable bonds is 6. The standard InChI is InChI=1S/C27H29N5O4/c28-24(33)23-13-6-14-31(23)16-18-7-1-4-12-22(18)29-25(34)17-8-5-9-19(15-17)32-27(36)21-11-3-2-10-20(21)26(35)30-32/h1-5,7-9,12,15,20-21,23H,6,10-11,13-14,16H2,(H2,28,33)(H,29,34)(H,30,35). The van der Waals surface area contributed by atoms with Crippen molar-refractivity contribution in [3.63, 3.8) is 0 Å². The fourth-order valence-electron chi connectivity index (χ4n) is 5.30. The number of hydrogen-bond acceptors (Lipinski definition) is 5. The van der Waals surface area contributed by atoms with E-state index >= 15 is 0 Å². The molecule has 9 nitrogen and oxygen atoms in total. The Hall–Kier alpha value is -3.98. The van der Waals surface area contributed by atoms with E-state index in [0.29, 0.717) is 36.3 Å². The van der Waals surface area contributed by atoms with Gasteiger partial charge in [-0.05, 0) is 62.1 Å². The van der Waals surface area contributed by atoms with Gasteiger partial charge in [0, 0.05) is 17.8 Å². The van der Waals surface area contributed by atoms with E-state index in [1.807, 2.05) is 41.3 Å². The molecule has 3 aliphatic rings. The first-order valence-corrected chi connectivity index (χ1v) is 12.2. The predicted molar refractivity (Wildman–Crippen MR) is 134 cm³/mol. The van der Waals surface area contributed by atoms with Crippen molar-refractivity contribution in [3.8, 4) is 0 Å². The third-order valence-electron chi connectivity index (χ3n) is 7.23. The van der Waals surface area contributed by atoms with E-state index in [-0.39, 0.29) is 35.6 Å². The molecule has 2 heterocycles. The number of allylic oxidation sites excluding steroid dienone is 2. The molecule has 0 bridgehead atoms. The molecular weight excluding hydrogens is 458 g/mol. The SMILES string of the molecule is NC(=O)C1CCCN1Cc1ccccc1NC(=O)c1cccc(N2NC(=O)C3CC=CCC3C2=O)c1. The van der Waals surface area contributed by atoms with Crippen LogP contribution in [0, 0.1) is 11.8 Å². The average molecular weight is 488 g/mol. The molecule has 36 heavy (non-hydrogen) atoms. The number of anilines is 2. The van der Waals surface area contributed by atoms with Crippen LogP contribution in [0.5, 0.6) is 0 Å². The molecule has 186 valence electrons. The smallest absolute Gasteiger partial charge is 0.255 e. The van der Waals surface area contributed by atoms with Crippen molar-refractivity contribution in [1.82, 2.24) is 10.3 Å². The summed E-state index contributed by atoms with van der Waals surface area (Å²) in [7, 11) is 0. The van der Waals surface area contributed by atoms with Crippen molar-refractivity contribution in [2.45, 2.75) is 38.3 Å². The molecule has 5 rings (SSSR count). The fraction of sp³-hybridized carbons (Fsp3) is 0.333. The van der Waals surface area contributed by atoms with Crippen molar-refractivity contribution in [2.24, 2.45) is 17.6 Å². The van der Waals surface area contributed by atoms with Gasteiger partial charge < -0.3 is 11.1 Å². The van der Waals surface area contributed by atoms with E-state index < -0.39 is 5.92 Å². The van der Waals surface area contributed by atoms with Gasteiger partial charge in [-0.25, -0.2) is 5.01 Å².